The molecule has 3 heteroatoms. The van der Waals surface area contributed by atoms with Crippen molar-refractivity contribution in [2.75, 3.05) is 0 Å². The van der Waals surface area contributed by atoms with Crippen molar-refractivity contribution in [2.24, 2.45) is 11.7 Å². The van der Waals surface area contributed by atoms with Crippen molar-refractivity contribution < 1.29 is 0 Å². The summed E-state index contributed by atoms with van der Waals surface area (Å²) in [6.45, 7) is 0. The van der Waals surface area contributed by atoms with Crippen LogP contribution in [0.25, 0.3) is 0 Å². The third-order valence-corrected chi connectivity index (χ3v) is 3.41. The standard InChI is InChI=1S/C12H16ClN.ClH/c13-11-7-5-10(6-8-11)12(14)9-3-1-2-4-9;/h5-9,12H,1-4,14H2;1H/t12-;/m0./s1. The van der Waals surface area contributed by atoms with Gasteiger partial charge in [-0.25, -0.2) is 0 Å². The van der Waals surface area contributed by atoms with Crippen molar-refractivity contribution in [1.29, 1.82) is 0 Å². The van der Waals surface area contributed by atoms with Crippen LogP contribution in [0.4, 0.5) is 0 Å². The average molecular weight is 246 g/mol. The second-order valence-corrected chi connectivity index (χ2v) is 4.56. The molecule has 1 atom stereocenters. The Morgan fingerprint density at radius 1 is 1.13 bits per heavy atom. The van der Waals surface area contributed by atoms with Crippen molar-refractivity contribution in [1.82, 2.24) is 0 Å². The highest BCUT2D eigenvalue weighted by atomic mass is 35.5. The van der Waals surface area contributed by atoms with Crippen molar-refractivity contribution in [3.63, 3.8) is 0 Å². The van der Waals surface area contributed by atoms with Crippen LogP contribution >= 0.6 is 24.0 Å². The molecule has 0 aliphatic heterocycles. The summed E-state index contributed by atoms with van der Waals surface area (Å²) in [5, 5.41) is 0.785. The summed E-state index contributed by atoms with van der Waals surface area (Å²) >= 11 is 5.84. The Labute approximate surface area is 102 Å². The maximum atomic E-state index is 6.21. The van der Waals surface area contributed by atoms with Gasteiger partial charge in [-0.05, 0) is 36.5 Å². The van der Waals surface area contributed by atoms with Crippen LogP contribution in [0.1, 0.15) is 37.3 Å². The van der Waals surface area contributed by atoms with Gasteiger partial charge in [-0.2, -0.15) is 0 Å². The Balaban J connectivity index is 0.00000112. The zero-order chi connectivity index (χ0) is 9.97. The quantitative estimate of drug-likeness (QED) is 0.839. The van der Waals surface area contributed by atoms with Crippen LogP contribution in [-0.4, -0.2) is 0 Å². The number of halogens is 2. The highest BCUT2D eigenvalue weighted by Crippen LogP contribution is 2.34. The second-order valence-electron chi connectivity index (χ2n) is 4.12. The molecule has 1 fully saturated rings. The Kier molecular flexibility index (Phi) is 4.91. The topological polar surface area (TPSA) is 26.0 Å². The van der Waals surface area contributed by atoms with E-state index in [1.54, 1.807) is 0 Å². The van der Waals surface area contributed by atoms with Gasteiger partial charge < -0.3 is 5.73 Å². The van der Waals surface area contributed by atoms with Crippen LogP contribution in [0.15, 0.2) is 24.3 Å². The molecule has 2 rings (SSSR count). The summed E-state index contributed by atoms with van der Waals surface area (Å²) in [4.78, 5) is 0. The minimum absolute atomic E-state index is 0. The lowest BCUT2D eigenvalue weighted by atomic mass is 9.93. The normalized spacial score (nSPS) is 18.5. The summed E-state index contributed by atoms with van der Waals surface area (Å²) in [5.74, 6) is 0.677. The summed E-state index contributed by atoms with van der Waals surface area (Å²) in [6.07, 6.45) is 5.24. The molecule has 0 unspecified atom stereocenters. The Bertz CT molecular complexity index is 291. The maximum absolute atomic E-state index is 6.21. The van der Waals surface area contributed by atoms with Crippen LogP contribution in [0, 0.1) is 5.92 Å². The number of hydrogen-bond donors (Lipinski definition) is 1. The van der Waals surface area contributed by atoms with Crippen LogP contribution in [0.3, 0.4) is 0 Å². The first-order valence-corrected chi connectivity index (χ1v) is 5.66. The third kappa shape index (κ3) is 3.10. The molecule has 0 amide bonds. The van der Waals surface area contributed by atoms with Gasteiger partial charge in [0, 0.05) is 11.1 Å². The van der Waals surface area contributed by atoms with Crippen LogP contribution in [0.5, 0.6) is 0 Å². The molecule has 1 aromatic rings. The van der Waals surface area contributed by atoms with Crippen LogP contribution in [0.2, 0.25) is 5.02 Å². The van der Waals surface area contributed by atoms with Gasteiger partial charge in [-0.1, -0.05) is 36.6 Å². The largest absolute Gasteiger partial charge is 0.324 e. The predicted octanol–water partition coefficient (Wildman–Crippen LogP) is 3.95. The summed E-state index contributed by atoms with van der Waals surface area (Å²) < 4.78 is 0. The molecule has 2 N–H and O–H groups in total. The van der Waals surface area contributed by atoms with Crippen LogP contribution in [-0.2, 0) is 0 Å². The van der Waals surface area contributed by atoms with E-state index in [0.29, 0.717) is 5.92 Å². The molecule has 84 valence electrons. The molecule has 0 spiro atoms. The fourth-order valence-electron chi connectivity index (χ4n) is 2.27. The van der Waals surface area contributed by atoms with Gasteiger partial charge in [0.2, 0.25) is 0 Å². The van der Waals surface area contributed by atoms with E-state index in [0.717, 1.165) is 5.02 Å². The van der Waals surface area contributed by atoms with Gasteiger partial charge in [0.15, 0.2) is 0 Å². The Hall–Kier alpha value is -0.240. The molecule has 1 aromatic carbocycles. The maximum Gasteiger partial charge on any atom is 0.0406 e. The van der Waals surface area contributed by atoms with E-state index < -0.39 is 0 Å². The molecular weight excluding hydrogens is 229 g/mol. The van der Waals surface area contributed by atoms with Crippen molar-refractivity contribution in [2.45, 2.75) is 31.7 Å². The predicted molar refractivity (Wildman–Crippen MR) is 67.6 cm³/mol. The van der Waals surface area contributed by atoms with Crippen molar-refractivity contribution >= 4 is 24.0 Å². The monoisotopic (exact) mass is 245 g/mol. The van der Waals surface area contributed by atoms with Gasteiger partial charge in [-0.15, -0.1) is 12.4 Å². The van der Waals surface area contributed by atoms with Gasteiger partial charge in [-0.3, -0.25) is 0 Å². The Morgan fingerprint density at radius 2 is 1.67 bits per heavy atom. The third-order valence-electron chi connectivity index (χ3n) is 3.16. The molecular formula is C12H17Cl2N. The highest BCUT2D eigenvalue weighted by molar-refractivity contribution is 6.30. The molecule has 0 aromatic heterocycles. The SMILES string of the molecule is Cl.N[C@H](c1ccc(Cl)cc1)C1CCCC1. The second kappa shape index (κ2) is 5.74. The number of nitrogens with two attached hydrogens (primary N) is 1. The van der Waals surface area contributed by atoms with E-state index in [-0.39, 0.29) is 18.4 Å². The molecule has 1 aliphatic rings. The molecule has 1 aliphatic carbocycles. The van der Waals surface area contributed by atoms with E-state index in [2.05, 4.69) is 0 Å². The van der Waals surface area contributed by atoms with E-state index in [4.69, 9.17) is 17.3 Å². The summed E-state index contributed by atoms with van der Waals surface area (Å²) in [5.41, 5.74) is 7.43. The lowest BCUT2D eigenvalue weighted by Crippen LogP contribution is -2.18. The molecule has 1 saturated carbocycles. The minimum Gasteiger partial charge on any atom is -0.324 e. The van der Waals surface area contributed by atoms with Crippen LogP contribution < -0.4 is 5.73 Å². The first kappa shape index (κ1) is 12.8. The molecule has 0 bridgehead atoms. The van der Waals surface area contributed by atoms with E-state index in [1.165, 1.54) is 31.2 Å². The van der Waals surface area contributed by atoms with Gasteiger partial charge in [0.25, 0.3) is 0 Å². The molecule has 0 heterocycles. The summed E-state index contributed by atoms with van der Waals surface area (Å²) in [7, 11) is 0. The molecule has 0 saturated heterocycles. The van der Waals surface area contributed by atoms with Crippen molar-refractivity contribution in [3.05, 3.63) is 34.9 Å². The number of benzene rings is 1. The fourth-order valence-corrected chi connectivity index (χ4v) is 2.40. The van der Waals surface area contributed by atoms with E-state index in [9.17, 15) is 0 Å². The Morgan fingerprint density at radius 3 is 2.20 bits per heavy atom. The smallest absolute Gasteiger partial charge is 0.0406 e. The fraction of sp³-hybridized carbons (Fsp3) is 0.500. The van der Waals surface area contributed by atoms with E-state index in [1.807, 2.05) is 24.3 Å². The lowest BCUT2D eigenvalue weighted by molar-refractivity contribution is 0.445. The van der Waals surface area contributed by atoms with E-state index >= 15 is 0 Å². The highest BCUT2D eigenvalue weighted by Gasteiger charge is 2.22. The molecule has 15 heavy (non-hydrogen) atoms. The lowest BCUT2D eigenvalue weighted by Gasteiger charge is -2.19. The summed E-state index contributed by atoms with van der Waals surface area (Å²) in [6, 6.07) is 8.14. The van der Waals surface area contributed by atoms with Gasteiger partial charge in [0.1, 0.15) is 0 Å². The minimum atomic E-state index is 0. The number of hydrogen-bond acceptors (Lipinski definition) is 1. The first-order valence-electron chi connectivity index (χ1n) is 5.28. The number of rotatable bonds is 2. The zero-order valence-electron chi connectivity index (χ0n) is 8.66. The van der Waals surface area contributed by atoms with Gasteiger partial charge >= 0.3 is 0 Å². The van der Waals surface area contributed by atoms with Gasteiger partial charge in [0.05, 0.1) is 0 Å². The molecule has 0 radical (unpaired) electrons. The average Bonchev–Trinajstić information content (AvgIpc) is 2.71. The first-order chi connectivity index (χ1) is 6.77. The zero-order valence-corrected chi connectivity index (χ0v) is 10.2. The van der Waals surface area contributed by atoms with Crippen molar-refractivity contribution in [3.8, 4) is 0 Å². The molecule has 1 nitrogen and oxygen atoms in total.